The Kier molecular flexibility index (Phi) is 5.84. The molecular formula is C20H25N5O. The number of pyridine rings is 1. The van der Waals surface area contributed by atoms with Gasteiger partial charge in [-0.25, -0.2) is 0 Å². The van der Waals surface area contributed by atoms with Crippen LogP contribution in [0.25, 0.3) is 10.8 Å². The van der Waals surface area contributed by atoms with Crippen molar-refractivity contribution in [3.05, 3.63) is 59.2 Å². The molecule has 0 unspecified atom stereocenters. The van der Waals surface area contributed by atoms with Gasteiger partial charge >= 0.3 is 0 Å². The summed E-state index contributed by atoms with van der Waals surface area (Å²) in [5.74, 6) is 1.66. The Balaban J connectivity index is 1.66. The first-order chi connectivity index (χ1) is 12.8. The third kappa shape index (κ3) is 3.85. The van der Waals surface area contributed by atoms with Gasteiger partial charge in [-0.2, -0.15) is 0 Å². The molecule has 3 aromatic rings. The fourth-order valence-corrected chi connectivity index (χ4v) is 3.02. The van der Waals surface area contributed by atoms with Gasteiger partial charge in [0.1, 0.15) is 5.76 Å². The van der Waals surface area contributed by atoms with E-state index in [0.717, 1.165) is 46.9 Å². The molecule has 0 aliphatic heterocycles. The minimum absolute atomic E-state index is 0.603. The van der Waals surface area contributed by atoms with Crippen LogP contribution in [0.5, 0.6) is 0 Å². The summed E-state index contributed by atoms with van der Waals surface area (Å²) >= 11 is 0. The molecule has 2 N–H and O–H groups in total. The highest BCUT2D eigenvalue weighted by Crippen LogP contribution is 2.17. The topological polar surface area (TPSA) is 75.3 Å². The summed E-state index contributed by atoms with van der Waals surface area (Å²) in [7, 11) is 1.76. The van der Waals surface area contributed by atoms with Gasteiger partial charge < -0.3 is 15.2 Å². The summed E-state index contributed by atoms with van der Waals surface area (Å²) in [5, 5.41) is 13.2. The van der Waals surface area contributed by atoms with Crippen molar-refractivity contribution in [2.45, 2.75) is 39.8 Å². The monoisotopic (exact) mass is 351 g/mol. The molecule has 136 valence electrons. The Labute approximate surface area is 153 Å². The minimum atomic E-state index is 0.603. The fourth-order valence-electron chi connectivity index (χ4n) is 3.02. The molecule has 0 aliphatic carbocycles. The van der Waals surface area contributed by atoms with Crippen molar-refractivity contribution in [2.24, 2.45) is 4.99 Å². The van der Waals surface area contributed by atoms with Crippen LogP contribution >= 0.6 is 0 Å². The van der Waals surface area contributed by atoms with E-state index in [4.69, 9.17) is 4.52 Å². The molecule has 26 heavy (non-hydrogen) atoms. The van der Waals surface area contributed by atoms with E-state index in [0.29, 0.717) is 13.1 Å². The average Bonchev–Trinajstić information content (AvgIpc) is 3.10. The number of benzene rings is 1. The highest BCUT2D eigenvalue weighted by atomic mass is 16.5. The van der Waals surface area contributed by atoms with Crippen LogP contribution in [0.1, 0.15) is 36.6 Å². The first-order valence-electron chi connectivity index (χ1n) is 9.00. The van der Waals surface area contributed by atoms with Gasteiger partial charge in [0.2, 0.25) is 0 Å². The van der Waals surface area contributed by atoms with E-state index in [1.54, 1.807) is 7.05 Å². The molecule has 2 aromatic heterocycles. The van der Waals surface area contributed by atoms with Gasteiger partial charge in [0.05, 0.1) is 17.9 Å². The predicted octanol–water partition coefficient (Wildman–Crippen LogP) is 3.21. The normalized spacial score (nSPS) is 11.7. The molecule has 0 fully saturated rings. The highest BCUT2D eigenvalue weighted by molar-refractivity contribution is 5.85. The molecular weight excluding hydrogens is 326 g/mol. The van der Waals surface area contributed by atoms with E-state index < -0.39 is 0 Å². The molecule has 0 saturated heterocycles. The van der Waals surface area contributed by atoms with E-state index in [1.165, 1.54) is 5.39 Å². The standard InChI is InChI=1S/C20H25N5O/c1-4-17-16(19(5-2)26-25-17)12-23-20(21-3)24-13-18-15-9-7-6-8-14(15)10-11-22-18/h6-11H,4-5,12-13H2,1-3H3,(H2,21,23,24). The maximum absolute atomic E-state index is 5.42. The minimum Gasteiger partial charge on any atom is -0.361 e. The molecule has 0 saturated carbocycles. The number of hydrogen-bond donors (Lipinski definition) is 2. The van der Waals surface area contributed by atoms with Crippen LogP contribution in [0.15, 0.2) is 46.0 Å². The number of nitrogens with zero attached hydrogens (tertiary/aromatic N) is 3. The summed E-state index contributed by atoms with van der Waals surface area (Å²) in [5.41, 5.74) is 3.13. The zero-order chi connectivity index (χ0) is 18.4. The number of rotatable bonds is 6. The molecule has 0 radical (unpaired) electrons. The second kappa shape index (κ2) is 8.47. The summed E-state index contributed by atoms with van der Waals surface area (Å²) in [6.07, 6.45) is 3.52. The summed E-state index contributed by atoms with van der Waals surface area (Å²) < 4.78 is 5.42. The lowest BCUT2D eigenvalue weighted by Gasteiger charge is -2.13. The Hall–Kier alpha value is -2.89. The number of nitrogens with one attached hydrogen (secondary N) is 2. The zero-order valence-corrected chi connectivity index (χ0v) is 15.5. The fraction of sp³-hybridized carbons (Fsp3) is 0.350. The van der Waals surface area contributed by atoms with Crippen molar-refractivity contribution >= 4 is 16.7 Å². The maximum Gasteiger partial charge on any atom is 0.191 e. The largest absolute Gasteiger partial charge is 0.361 e. The smallest absolute Gasteiger partial charge is 0.191 e. The predicted molar refractivity (Wildman–Crippen MR) is 104 cm³/mol. The Morgan fingerprint density at radius 3 is 2.62 bits per heavy atom. The maximum atomic E-state index is 5.42. The molecule has 6 nitrogen and oxygen atoms in total. The molecule has 3 rings (SSSR count). The second-order valence-electron chi connectivity index (χ2n) is 6.00. The van der Waals surface area contributed by atoms with E-state index >= 15 is 0 Å². The number of aromatic nitrogens is 2. The SMILES string of the molecule is CCc1noc(CC)c1CNC(=NC)NCc1nccc2ccccc12. The molecule has 0 aliphatic rings. The van der Waals surface area contributed by atoms with Gasteiger partial charge in [0.25, 0.3) is 0 Å². The van der Waals surface area contributed by atoms with Gasteiger partial charge in [-0.1, -0.05) is 43.3 Å². The lowest BCUT2D eigenvalue weighted by atomic mass is 10.1. The summed E-state index contributed by atoms with van der Waals surface area (Å²) in [4.78, 5) is 8.82. The van der Waals surface area contributed by atoms with Gasteiger partial charge in [0.15, 0.2) is 5.96 Å². The molecule has 2 heterocycles. The van der Waals surface area contributed by atoms with E-state index in [2.05, 4.69) is 51.7 Å². The Morgan fingerprint density at radius 2 is 1.85 bits per heavy atom. The number of aryl methyl sites for hydroxylation is 2. The lowest BCUT2D eigenvalue weighted by Crippen LogP contribution is -2.36. The van der Waals surface area contributed by atoms with Gasteiger partial charge in [-0.15, -0.1) is 0 Å². The Morgan fingerprint density at radius 1 is 1.04 bits per heavy atom. The van der Waals surface area contributed by atoms with Crippen LogP contribution in [0.3, 0.4) is 0 Å². The van der Waals surface area contributed by atoms with Gasteiger partial charge in [0, 0.05) is 37.2 Å². The molecule has 0 atom stereocenters. The molecule has 0 spiro atoms. The quantitative estimate of drug-likeness (QED) is 0.527. The molecule has 6 heteroatoms. The molecule has 1 aromatic carbocycles. The van der Waals surface area contributed by atoms with Crippen molar-refractivity contribution in [3.63, 3.8) is 0 Å². The highest BCUT2D eigenvalue weighted by Gasteiger charge is 2.13. The van der Waals surface area contributed by atoms with E-state index in [-0.39, 0.29) is 0 Å². The number of fused-ring (bicyclic) bond motifs is 1. The first kappa shape index (κ1) is 17.9. The van der Waals surface area contributed by atoms with E-state index in [9.17, 15) is 0 Å². The van der Waals surface area contributed by atoms with Gasteiger partial charge in [-0.3, -0.25) is 9.98 Å². The van der Waals surface area contributed by atoms with Crippen molar-refractivity contribution in [1.82, 2.24) is 20.8 Å². The number of aliphatic imine (C=N–C) groups is 1. The van der Waals surface area contributed by atoms with Crippen molar-refractivity contribution < 1.29 is 4.52 Å². The third-order valence-corrected chi connectivity index (χ3v) is 4.44. The second-order valence-corrected chi connectivity index (χ2v) is 6.00. The van der Waals surface area contributed by atoms with Crippen LogP contribution in [-0.4, -0.2) is 23.1 Å². The van der Waals surface area contributed by atoms with Crippen LogP contribution < -0.4 is 10.6 Å². The van der Waals surface area contributed by atoms with Gasteiger partial charge in [-0.05, 0) is 17.9 Å². The molecule has 0 amide bonds. The van der Waals surface area contributed by atoms with E-state index in [1.807, 2.05) is 24.4 Å². The third-order valence-electron chi connectivity index (χ3n) is 4.44. The summed E-state index contributed by atoms with van der Waals surface area (Å²) in [6, 6.07) is 10.3. The van der Waals surface area contributed by atoms with Crippen molar-refractivity contribution in [1.29, 1.82) is 0 Å². The summed E-state index contributed by atoms with van der Waals surface area (Å²) in [6.45, 7) is 5.40. The van der Waals surface area contributed by atoms with Crippen molar-refractivity contribution in [3.8, 4) is 0 Å². The van der Waals surface area contributed by atoms with Crippen molar-refractivity contribution in [2.75, 3.05) is 7.05 Å². The van der Waals surface area contributed by atoms with Crippen LogP contribution in [-0.2, 0) is 25.9 Å². The zero-order valence-electron chi connectivity index (χ0n) is 15.5. The van der Waals surface area contributed by atoms with Crippen LogP contribution in [0.4, 0.5) is 0 Å². The Bertz CT molecular complexity index is 873. The van der Waals surface area contributed by atoms with Crippen LogP contribution in [0.2, 0.25) is 0 Å². The number of hydrogen-bond acceptors (Lipinski definition) is 4. The lowest BCUT2D eigenvalue weighted by molar-refractivity contribution is 0.380. The molecule has 0 bridgehead atoms. The van der Waals surface area contributed by atoms with Crippen LogP contribution in [0, 0.1) is 0 Å². The average molecular weight is 351 g/mol. The number of guanidine groups is 1. The first-order valence-corrected chi connectivity index (χ1v) is 9.00.